The van der Waals surface area contributed by atoms with Crippen molar-refractivity contribution >= 4 is 17.0 Å². The average molecular weight is 337 g/mol. The molecule has 0 radical (unpaired) electrons. The molecular weight excluding hydrogens is 325 g/mol. The fourth-order valence-electron chi connectivity index (χ4n) is 2.54. The summed E-state index contributed by atoms with van der Waals surface area (Å²) in [6.07, 6.45) is 1.29. The molecule has 0 bridgehead atoms. The van der Waals surface area contributed by atoms with E-state index in [4.69, 9.17) is 10.5 Å². The van der Waals surface area contributed by atoms with Crippen LogP contribution in [0.3, 0.4) is 0 Å². The Hall–Kier alpha value is -3.68. The minimum atomic E-state index is -0.380. The summed E-state index contributed by atoms with van der Waals surface area (Å²) in [7, 11) is 0. The lowest BCUT2D eigenvalue weighted by atomic mass is 10.3. The van der Waals surface area contributed by atoms with E-state index >= 15 is 0 Å². The van der Waals surface area contributed by atoms with Crippen LogP contribution < -0.4 is 16.2 Å². The van der Waals surface area contributed by atoms with Gasteiger partial charge in [0.2, 0.25) is 0 Å². The number of nitrogens with zero attached hydrogens (tertiary/aromatic N) is 3. The number of ether oxygens (including phenoxy) is 1. The van der Waals surface area contributed by atoms with Crippen LogP contribution in [0.15, 0.2) is 59.7 Å². The highest BCUT2D eigenvalue weighted by Crippen LogP contribution is 2.24. The molecule has 0 aliphatic heterocycles. The molecule has 2 heterocycles. The number of nitrogens with one attached hydrogen (secondary N) is 1. The van der Waals surface area contributed by atoms with Gasteiger partial charge < -0.3 is 10.5 Å². The molecule has 4 aromatic rings. The zero-order valence-electron chi connectivity index (χ0n) is 12.8. The third-order valence-corrected chi connectivity index (χ3v) is 3.63. The number of halogens is 1. The van der Waals surface area contributed by atoms with E-state index in [1.54, 1.807) is 36.4 Å². The average Bonchev–Trinajstić information content (AvgIpc) is 2.93. The van der Waals surface area contributed by atoms with Gasteiger partial charge >= 0.3 is 5.69 Å². The fourth-order valence-corrected chi connectivity index (χ4v) is 2.54. The van der Waals surface area contributed by atoms with Gasteiger partial charge in [-0.05, 0) is 36.4 Å². The maximum absolute atomic E-state index is 13.2. The summed E-state index contributed by atoms with van der Waals surface area (Å²) in [4.78, 5) is 22.8. The number of aromatic amines is 1. The maximum Gasteiger partial charge on any atom is 0.332 e. The number of nitrogen functional groups attached to an aromatic ring is 1. The lowest BCUT2D eigenvalue weighted by Crippen LogP contribution is -2.15. The zero-order chi connectivity index (χ0) is 17.4. The van der Waals surface area contributed by atoms with E-state index in [9.17, 15) is 9.18 Å². The lowest BCUT2D eigenvalue weighted by molar-refractivity contribution is 0.476. The summed E-state index contributed by atoms with van der Waals surface area (Å²) in [6.45, 7) is 0. The first-order valence-corrected chi connectivity index (χ1v) is 7.37. The Labute approximate surface area is 140 Å². The van der Waals surface area contributed by atoms with Crippen LogP contribution >= 0.6 is 0 Å². The van der Waals surface area contributed by atoms with Crippen LogP contribution in [-0.2, 0) is 0 Å². The predicted molar refractivity (Wildman–Crippen MR) is 90.4 cm³/mol. The maximum atomic E-state index is 13.2. The number of fused-ring (bicyclic) bond motifs is 1. The van der Waals surface area contributed by atoms with Crippen LogP contribution in [0.4, 0.5) is 10.2 Å². The minimum absolute atomic E-state index is 0.198. The molecule has 4 rings (SSSR count). The number of hydrogen-bond donors (Lipinski definition) is 2. The summed E-state index contributed by atoms with van der Waals surface area (Å²) < 4.78 is 20.2. The molecule has 0 unspecified atom stereocenters. The first-order valence-electron chi connectivity index (χ1n) is 7.37. The van der Waals surface area contributed by atoms with Crippen molar-refractivity contribution in [2.24, 2.45) is 0 Å². The Kier molecular flexibility index (Phi) is 3.42. The lowest BCUT2D eigenvalue weighted by Gasteiger charge is -2.08. The highest BCUT2D eigenvalue weighted by molar-refractivity contribution is 5.83. The molecule has 2 aromatic carbocycles. The first kappa shape index (κ1) is 14.9. The van der Waals surface area contributed by atoms with Crippen molar-refractivity contribution in [1.29, 1.82) is 0 Å². The smallest absolute Gasteiger partial charge is 0.332 e. The molecule has 0 atom stereocenters. The molecule has 3 N–H and O–H groups in total. The Bertz CT molecular complexity index is 1120. The van der Waals surface area contributed by atoms with Gasteiger partial charge in [0.25, 0.3) is 0 Å². The van der Waals surface area contributed by atoms with Gasteiger partial charge in [0.05, 0.1) is 5.69 Å². The second-order valence-electron chi connectivity index (χ2n) is 5.28. The van der Waals surface area contributed by atoms with Crippen molar-refractivity contribution in [2.75, 3.05) is 5.73 Å². The SMILES string of the molecule is Nc1ncnc2[nH]c(=O)n(-c3ccc(Oc4cccc(F)c4)cc3)c12. The molecule has 0 aliphatic carbocycles. The number of benzene rings is 2. The summed E-state index contributed by atoms with van der Waals surface area (Å²) >= 11 is 0. The second-order valence-corrected chi connectivity index (χ2v) is 5.28. The third kappa shape index (κ3) is 2.69. The number of H-pyrrole nitrogens is 1. The van der Waals surface area contributed by atoms with Crippen molar-refractivity contribution in [3.8, 4) is 17.2 Å². The molecule has 0 spiro atoms. The van der Waals surface area contributed by atoms with Crippen molar-refractivity contribution in [3.63, 3.8) is 0 Å². The van der Waals surface area contributed by atoms with Crippen molar-refractivity contribution in [1.82, 2.24) is 19.5 Å². The van der Waals surface area contributed by atoms with E-state index in [2.05, 4.69) is 15.0 Å². The van der Waals surface area contributed by atoms with Crippen LogP contribution in [0.25, 0.3) is 16.9 Å². The Morgan fingerprint density at radius 3 is 2.64 bits per heavy atom. The Morgan fingerprint density at radius 2 is 1.88 bits per heavy atom. The molecule has 124 valence electrons. The summed E-state index contributed by atoms with van der Waals surface area (Å²) in [5.74, 6) is 0.708. The van der Waals surface area contributed by atoms with Crippen LogP contribution in [-0.4, -0.2) is 19.5 Å². The van der Waals surface area contributed by atoms with Crippen molar-refractivity contribution < 1.29 is 9.13 Å². The van der Waals surface area contributed by atoms with Gasteiger partial charge in [-0.3, -0.25) is 9.55 Å². The van der Waals surface area contributed by atoms with E-state index in [0.717, 1.165) is 0 Å². The normalized spacial score (nSPS) is 10.9. The number of anilines is 1. The number of aromatic nitrogens is 4. The third-order valence-electron chi connectivity index (χ3n) is 3.63. The van der Waals surface area contributed by atoms with E-state index < -0.39 is 0 Å². The molecule has 0 aliphatic rings. The minimum Gasteiger partial charge on any atom is -0.457 e. The number of rotatable bonds is 3. The molecule has 25 heavy (non-hydrogen) atoms. The first-order chi connectivity index (χ1) is 12.1. The van der Waals surface area contributed by atoms with Gasteiger partial charge in [0.1, 0.15) is 29.2 Å². The van der Waals surface area contributed by atoms with Crippen molar-refractivity contribution in [2.45, 2.75) is 0 Å². The fraction of sp³-hybridized carbons (Fsp3) is 0. The predicted octanol–water partition coefficient (Wildman–Crippen LogP) is 2.62. The molecule has 0 amide bonds. The van der Waals surface area contributed by atoms with E-state index in [0.29, 0.717) is 28.4 Å². The number of hydrogen-bond acceptors (Lipinski definition) is 5. The molecule has 2 aromatic heterocycles. The second kappa shape index (κ2) is 5.75. The summed E-state index contributed by atoms with van der Waals surface area (Å²) in [5, 5.41) is 0. The Morgan fingerprint density at radius 1 is 1.08 bits per heavy atom. The van der Waals surface area contributed by atoms with Gasteiger partial charge in [0, 0.05) is 6.07 Å². The van der Waals surface area contributed by atoms with Crippen LogP contribution in [0.1, 0.15) is 0 Å². The highest BCUT2D eigenvalue weighted by Gasteiger charge is 2.13. The summed E-state index contributed by atoms with van der Waals surface area (Å²) in [6, 6.07) is 12.6. The van der Waals surface area contributed by atoms with Crippen LogP contribution in [0.5, 0.6) is 11.5 Å². The summed E-state index contributed by atoms with van der Waals surface area (Å²) in [5.41, 5.74) is 6.83. The van der Waals surface area contributed by atoms with Gasteiger partial charge in [0.15, 0.2) is 11.5 Å². The van der Waals surface area contributed by atoms with Gasteiger partial charge in [-0.25, -0.2) is 19.2 Å². The molecule has 8 heteroatoms. The van der Waals surface area contributed by atoms with E-state index in [-0.39, 0.29) is 17.3 Å². The molecule has 0 fully saturated rings. The molecule has 0 saturated carbocycles. The molecule has 7 nitrogen and oxygen atoms in total. The highest BCUT2D eigenvalue weighted by atomic mass is 19.1. The molecular formula is C17H12FN5O2. The van der Waals surface area contributed by atoms with Gasteiger partial charge in [-0.2, -0.15) is 0 Å². The van der Waals surface area contributed by atoms with Crippen LogP contribution in [0, 0.1) is 5.82 Å². The molecule has 0 saturated heterocycles. The number of imidazole rings is 1. The number of nitrogens with two attached hydrogens (primary N) is 1. The topological polar surface area (TPSA) is 98.8 Å². The van der Waals surface area contributed by atoms with Gasteiger partial charge in [-0.1, -0.05) is 6.07 Å². The monoisotopic (exact) mass is 337 g/mol. The van der Waals surface area contributed by atoms with Gasteiger partial charge in [-0.15, -0.1) is 0 Å². The quantitative estimate of drug-likeness (QED) is 0.599. The largest absolute Gasteiger partial charge is 0.457 e. The van der Waals surface area contributed by atoms with E-state index in [1.165, 1.54) is 23.0 Å². The van der Waals surface area contributed by atoms with Crippen LogP contribution in [0.2, 0.25) is 0 Å². The van der Waals surface area contributed by atoms with E-state index in [1.807, 2.05) is 0 Å². The Balaban J connectivity index is 1.72. The zero-order valence-corrected chi connectivity index (χ0v) is 12.8. The standard InChI is InChI=1S/C17H12FN5O2/c18-10-2-1-3-13(8-10)25-12-6-4-11(5-7-12)23-14-15(19)20-9-21-16(14)22-17(23)24/h1-9H,(H3,19,20,21,22,24). The van der Waals surface area contributed by atoms with Crippen molar-refractivity contribution in [3.05, 3.63) is 71.2 Å².